The zero-order valence-electron chi connectivity index (χ0n) is 14.5. The second-order valence-electron chi connectivity index (χ2n) is 7.17. The van der Waals surface area contributed by atoms with Gasteiger partial charge < -0.3 is 10.2 Å². The van der Waals surface area contributed by atoms with E-state index in [9.17, 15) is 0 Å². The maximum atomic E-state index is 3.74. The lowest BCUT2D eigenvalue weighted by Gasteiger charge is -2.38. The van der Waals surface area contributed by atoms with Gasteiger partial charge in [0.05, 0.1) is 0 Å². The zero-order chi connectivity index (χ0) is 14.8. The normalized spacial score (nSPS) is 19.5. The number of nitrogens with zero attached hydrogens (tertiary/aromatic N) is 1. The van der Waals surface area contributed by atoms with Crippen molar-refractivity contribution in [3.63, 3.8) is 0 Å². The van der Waals surface area contributed by atoms with E-state index in [1.165, 1.54) is 77.5 Å². The third-order valence-corrected chi connectivity index (χ3v) is 4.88. The van der Waals surface area contributed by atoms with Crippen LogP contribution in [0.15, 0.2) is 0 Å². The lowest BCUT2D eigenvalue weighted by Crippen LogP contribution is -2.45. The average Bonchev–Trinajstić information content (AvgIpc) is 2.67. The Bertz CT molecular complexity index is 230. The highest BCUT2D eigenvalue weighted by Gasteiger charge is 2.32. The lowest BCUT2D eigenvalue weighted by molar-refractivity contribution is 0.127. The van der Waals surface area contributed by atoms with Crippen molar-refractivity contribution in [2.75, 3.05) is 26.2 Å². The molecule has 2 heteroatoms. The van der Waals surface area contributed by atoms with Gasteiger partial charge in [-0.2, -0.15) is 0 Å². The Morgan fingerprint density at radius 3 is 2.20 bits per heavy atom. The molecule has 0 amide bonds. The summed E-state index contributed by atoms with van der Waals surface area (Å²) in [6.07, 6.45) is 11.3. The van der Waals surface area contributed by atoms with Gasteiger partial charge in [0.15, 0.2) is 0 Å². The molecular weight excluding hydrogens is 244 g/mol. The Labute approximate surface area is 127 Å². The van der Waals surface area contributed by atoms with Crippen LogP contribution in [0.25, 0.3) is 0 Å². The van der Waals surface area contributed by atoms with Crippen LogP contribution in [0.5, 0.6) is 0 Å². The van der Waals surface area contributed by atoms with Crippen molar-refractivity contribution in [1.29, 1.82) is 0 Å². The monoisotopic (exact) mass is 282 g/mol. The van der Waals surface area contributed by atoms with E-state index in [1.807, 2.05) is 0 Å². The number of hydrogen-bond acceptors (Lipinski definition) is 2. The molecule has 0 bridgehead atoms. The summed E-state index contributed by atoms with van der Waals surface area (Å²) in [6, 6.07) is 0.612. The smallest absolute Gasteiger partial charge is 0.00500 e. The highest BCUT2D eigenvalue weighted by molar-refractivity contribution is 4.87. The lowest BCUT2D eigenvalue weighted by atomic mass is 9.79. The van der Waals surface area contributed by atoms with E-state index in [0.29, 0.717) is 11.5 Å². The number of hydrogen-bond donors (Lipinski definition) is 1. The van der Waals surface area contributed by atoms with Crippen molar-refractivity contribution in [2.24, 2.45) is 5.41 Å². The fraction of sp³-hybridized carbons (Fsp3) is 1.00. The van der Waals surface area contributed by atoms with Gasteiger partial charge in [0.25, 0.3) is 0 Å². The molecule has 2 nitrogen and oxygen atoms in total. The van der Waals surface area contributed by atoms with E-state index >= 15 is 0 Å². The van der Waals surface area contributed by atoms with Crippen LogP contribution in [0, 0.1) is 5.41 Å². The molecule has 1 aliphatic carbocycles. The van der Waals surface area contributed by atoms with Gasteiger partial charge in [-0.3, -0.25) is 0 Å². The summed E-state index contributed by atoms with van der Waals surface area (Å²) in [7, 11) is 0. The van der Waals surface area contributed by atoms with E-state index < -0.39 is 0 Å². The largest absolute Gasteiger partial charge is 0.314 e. The first-order chi connectivity index (χ1) is 9.62. The Balaban J connectivity index is 2.63. The highest BCUT2D eigenvalue weighted by Crippen LogP contribution is 2.35. The van der Waals surface area contributed by atoms with Gasteiger partial charge in [0.1, 0.15) is 0 Å². The van der Waals surface area contributed by atoms with Crippen molar-refractivity contribution < 1.29 is 0 Å². The molecule has 1 aliphatic rings. The van der Waals surface area contributed by atoms with Crippen LogP contribution in [0.3, 0.4) is 0 Å². The number of unbranched alkanes of at least 4 members (excludes halogenated alkanes) is 1. The minimum Gasteiger partial charge on any atom is -0.314 e. The van der Waals surface area contributed by atoms with E-state index in [1.54, 1.807) is 0 Å². The van der Waals surface area contributed by atoms with Gasteiger partial charge in [0, 0.05) is 19.1 Å². The fourth-order valence-electron chi connectivity index (χ4n) is 3.50. The van der Waals surface area contributed by atoms with Crippen LogP contribution in [0.4, 0.5) is 0 Å². The maximum absolute atomic E-state index is 3.74. The molecule has 0 heterocycles. The quantitative estimate of drug-likeness (QED) is 0.629. The predicted octanol–water partition coefficient (Wildman–Crippen LogP) is 4.45. The van der Waals surface area contributed by atoms with E-state index in [4.69, 9.17) is 0 Å². The summed E-state index contributed by atoms with van der Waals surface area (Å²) in [4.78, 5) is 2.71. The second-order valence-corrected chi connectivity index (χ2v) is 7.17. The minimum atomic E-state index is 0.532. The van der Waals surface area contributed by atoms with Crippen molar-refractivity contribution in [2.45, 2.75) is 85.1 Å². The first-order valence-corrected chi connectivity index (χ1v) is 9.07. The Morgan fingerprint density at radius 1 is 1.05 bits per heavy atom. The molecule has 0 aromatic heterocycles. The van der Waals surface area contributed by atoms with Gasteiger partial charge in [0.2, 0.25) is 0 Å². The minimum absolute atomic E-state index is 0.532. The van der Waals surface area contributed by atoms with Crippen molar-refractivity contribution >= 4 is 0 Å². The van der Waals surface area contributed by atoms with Crippen molar-refractivity contribution in [1.82, 2.24) is 10.2 Å². The van der Waals surface area contributed by atoms with Gasteiger partial charge in [-0.15, -0.1) is 0 Å². The van der Waals surface area contributed by atoms with Crippen LogP contribution in [0.1, 0.15) is 79.1 Å². The Kier molecular flexibility index (Phi) is 8.79. The third-order valence-electron chi connectivity index (χ3n) is 4.88. The molecular formula is C18H38N2. The van der Waals surface area contributed by atoms with Gasteiger partial charge in [-0.25, -0.2) is 0 Å². The summed E-state index contributed by atoms with van der Waals surface area (Å²) in [5.41, 5.74) is 0.532. The van der Waals surface area contributed by atoms with Crippen molar-refractivity contribution in [3.8, 4) is 0 Å². The molecule has 0 unspecified atom stereocenters. The number of rotatable bonds is 9. The van der Waals surface area contributed by atoms with Crippen LogP contribution in [-0.2, 0) is 0 Å². The molecule has 1 N–H and O–H groups in total. The maximum Gasteiger partial charge on any atom is 0.00500 e. The molecule has 0 aromatic rings. The Morgan fingerprint density at radius 2 is 1.70 bits per heavy atom. The standard InChI is InChI=1S/C18H38N2/c1-5-7-14-20(6-2)16-18(15-19-17(3)4)12-10-8-9-11-13-18/h17,19H,5-16H2,1-4H3. The summed E-state index contributed by atoms with van der Waals surface area (Å²) >= 11 is 0. The van der Waals surface area contributed by atoms with Crippen LogP contribution < -0.4 is 5.32 Å². The average molecular weight is 283 g/mol. The molecule has 0 aromatic carbocycles. The third kappa shape index (κ3) is 6.58. The van der Waals surface area contributed by atoms with E-state index in [-0.39, 0.29) is 0 Å². The fourth-order valence-corrected chi connectivity index (χ4v) is 3.50. The molecule has 1 rings (SSSR count). The number of nitrogens with one attached hydrogen (secondary N) is 1. The highest BCUT2D eigenvalue weighted by atomic mass is 15.1. The van der Waals surface area contributed by atoms with Crippen LogP contribution in [0.2, 0.25) is 0 Å². The van der Waals surface area contributed by atoms with Crippen molar-refractivity contribution in [3.05, 3.63) is 0 Å². The predicted molar refractivity (Wildman–Crippen MR) is 90.3 cm³/mol. The van der Waals surface area contributed by atoms with Crippen LogP contribution in [-0.4, -0.2) is 37.1 Å². The molecule has 0 aliphatic heterocycles. The summed E-state index contributed by atoms with van der Waals surface area (Å²) < 4.78 is 0. The van der Waals surface area contributed by atoms with E-state index in [0.717, 1.165) is 0 Å². The second kappa shape index (κ2) is 9.78. The topological polar surface area (TPSA) is 15.3 Å². The molecule has 0 saturated heterocycles. The molecule has 1 fully saturated rings. The Hall–Kier alpha value is -0.0800. The van der Waals surface area contributed by atoms with E-state index in [2.05, 4.69) is 37.9 Å². The summed E-state index contributed by atoms with van der Waals surface area (Å²) in [5.74, 6) is 0. The molecule has 1 saturated carbocycles. The van der Waals surface area contributed by atoms with Crippen LogP contribution >= 0.6 is 0 Å². The first kappa shape index (κ1) is 18.0. The SMILES string of the molecule is CCCCN(CC)CC1(CNC(C)C)CCCCCC1. The zero-order valence-corrected chi connectivity index (χ0v) is 14.5. The molecule has 120 valence electrons. The van der Waals surface area contributed by atoms with Gasteiger partial charge >= 0.3 is 0 Å². The molecule has 0 spiro atoms. The van der Waals surface area contributed by atoms with Gasteiger partial charge in [-0.05, 0) is 37.8 Å². The molecule has 0 atom stereocenters. The van der Waals surface area contributed by atoms with Gasteiger partial charge in [-0.1, -0.05) is 59.8 Å². The molecule has 20 heavy (non-hydrogen) atoms. The summed E-state index contributed by atoms with van der Waals surface area (Å²) in [6.45, 7) is 14.2. The first-order valence-electron chi connectivity index (χ1n) is 9.07. The summed E-state index contributed by atoms with van der Waals surface area (Å²) in [5, 5.41) is 3.74. The molecule has 0 radical (unpaired) electrons.